The largest absolute Gasteiger partial charge is 0.370 e. The number of carbonyl (C=O) groups is 1. The fourth-order valence-corrected chi connectivity index (χ4v) is 5.93. The maximum absolute atomic E-state index is 13.4. The molecular formula is C19H24N4O3S. The number of amides is 1. The second kappa shape index (κ2) is 6.68. The van der Waals surface area contributed by atoms with Crippen molar-refractivity contribution in [3.05, 3.63) is 32.8 Å². The molecule has 1 N–H and O–H groups in total. The Hall–Kier alpha value is -1.77. The van der Waals surface area contributed by atoms with Gasteiger partial charge in [-0.1, -0.05) is 10.3 Å². The molecule has 2 saturated heterocycles. The fourth-order valence-electron chi connectivity index (χ4n) is 4.74. The first-order chi connectivity index (χ1) is 13.2. The normalized spacial score (nSPS) is 24.3. The Kier molecular flexibility index (Phi) is 4.29. The van der Waals surface area contributed by atoms with Crippen LogP contribution < -0.4 is 5.32 Å². The first-order valence-electron chi connectivity index (χ1n) is 9.76. The van der Waals surface area contributed by atoms with Gasteiger partial charge in [-0.15, -0.1) is 11.3 Å². The van der Waals surface area contributed by atoms with Gasteiger partial charge in [-0.3, -0.25) is 4.79 Å². The zero-order valence-corrected chi connectivity index (χ0v) is 16.3. The molecule has 0 bridgehead atoms. The Morgan fingerprint density at radius 2 is 2.22 bits per heavy atom. The zero-order valence-electron chi connectivity index (χ0n) is 15.5. The van der Waals surface area contributed by atoms with Crippen LogP contribution >= 0.6 is 11.3 Å². The number of aromatic nitrogens is 2. The number of piperidine rings is 1. The third kappa shape index (κ3) is 2.81. The van der Waals surface area contributed by atoms with Crippen LogP contribution in [0, 0.1) is 6.92 Å². The van der Waals surface area contributed by atoms with Gasteiger partial charge in [0.2, 0.25) is 0 Å². The van der Waals surface area contributed by atoms with Crippen LogP contribution in [-0.2, 0) is 16.8 Å². The van der Waals surface area contributed by atoms with E-state index in [4.69, 9.17) is 9.37 Å². The SMILES string of the molecule is Cc1nonc1C1CCCN1C(=O)c1cc2c(s1)CCOC21CCNCC1. The molecule has 1 amide bonds. The predicted octanol–water partition coefficient (Wildman–Crippen LogP) is 2.57. The lowest BCUT2D eigenvalue weighted by Gasteiger charge is -2.40. The van der Waals surface area contributed by atoms with Crippen molar-refractivity contribution in [3.63, 3.8) is 0 Å². The van der Waals surface area contributed by atoms with E-state index in [9.17, 15) is 4.79 Å². The molecular weight excluding hydrogens is 364 g/mol. The van der Waals surface area contributed by atoms with Gasteiger partial charge in [-0.05, 0) is 57.3 Å². The molecule has 5 heterocycles. The lowest BCUT2D eigenvalue weighted by molar-refractivity contribution is -0.0792. The highest BCUT2D eigenvalue weighted by atomic mass is 32.1. The highest BCUT2D eigenvalue weighted by Crippen LogP contribution is 2.44. The fraction of sp³-hybridized carbons (Fsp3) is 0.632. The number of rotatable bonds is 2. The standard InChI is InChI=1S/C19H24N4O3S/c1-12-17(22-26-21-12)14-3-2-9-23(14)18(24)16-11-13-15(27-16)4-10-25-19(13)5-7-20-8-6-19/h11,14,20H,2-10H2,1H3. The Morgan fingerprint density at radius 1 is 1.37 bits per heavy atom. The number of hydrogen-bond donors (Lipinski definition) is 1. The molecule has 3 aliphatic heterocycles. The second-order valence-electron chi connectivity index (χ2n) is 7.68. The maximum Gasteiger partial charge on any atom is 0.264 e. The van der Waals surface area contributed by atoms with Crippen LogP contribution in [-0.4, -0.2) is 47.4 Å². The second-order valence-corrected chi connectivity index (χ2v) is 8.82. The van der Waals surface area contributed by atoms with Crippen molar-refractivity contribution in [3.8, 4) is 0 Å². The quantitative estimate of drug-likeness (QED) is 0.852. The first kappa shape index (κ1) is 17.3. The molecule has 2 aromatic rings. The number of carbonyl (C=O) groups excluding carboxylic acids is 1. The van der Waals surface area contributed by atoms with Gasteiger partial charge in [-0.2, -0.15) is 0 Å². The van der Waals surface area contributed by atoms with Crippen molar-refractivity contribution in [2.45, 2.75) is 50.7 Å². The number of aryl methyl sites for hydroxylation is 1. The zero-order chi connectivity index (χ0) is 18.4. The Balaban J connectivity index is 1.45. The summed E-state index contributed by atoms with van der Waals surface area (Å²) in [6.07, 6.45) is 4.73. The van der Waals surface area contributed by atoms with E-state index in [2.05, 4.69) is 21.7 Å². The average molecular weight is 388 g/mol. The van der Waals surface area contributed by atoms with Crippen molar-refractivity contribution in [1.29, 1.82) is 0 Å². The van der Waals surface area contributed by atoms with Crippen LogP contribution in [0.2, 0.25) is 0 Å². The molecule has 7 nitrogen and oxygen atoms in total. The average Bonchev–Trinajstić information content (AvgIpc) is 3.41. The molecule has 8 heteroatoms. The molecule has 0 aromatic carbocycles. The molecule has 0 aliphatic carbocycles. The summed E-state index contributed by atoms with van der Waals surface area (Å²) in [4.78, 5) is 17.4. The van der Waals surface area contributed by atoms with E-state index in [1.54, 1.807) is 11.3 Å². The summed E-state index contributed by atoms with van der Waals surface area (Å²) >= 11 is 1.65. The minimum atomic E-state index is -0.203. The molecule has 2 aromatic heterocycles. The van der Waals surface area contributed by atoms with Crippen molar-refractivity contribution in [2.24, 2.45) is 0 Å². The summed E-state index contributed by atoms with van der Waals surface area (Å²) in [5.41, 5.74) is 2.61. The number of likely N-dealkylation sites (tertiary alicyclic amines) is 1. The van der Waals surface area contributed by atoms with Crippen LogP contribution in [0.1, 0.15) is 63.2 Å². The third-order valence-corrected chi connectivity index (χ3v) is 7.33. The highest BCUT2D eigenvalue weighted by molar-refractivity contribution is 7.14. The summed E-state index contributed by atoms with van der Waals surface area (Å²) in [6, 6.07) is 2.07. The number of nitrogens with one attached hydrogen (secondary N) is 1. The van der Waals surface area contributed by atoms with Crippen LogP contribution in [0.5, 0.6) is 0 Å². The third-order valence-electron chi connectivity index (χ3n) is 6.15. The van der Waals surface area contributed by atoms with Crippen molar-refractivity contribution in [1.82, 2.24) is 20.5 Å². The van der Waals surface area contributed by atoms with Gasteiger partial charge in [0, 0.05) is 17.8 Å². The number of hydrogen-bond acceptors (Lipinski definition) is 7. The predicted molar refractivity (Wildman–Crippen MR) is 99.8 cm³/mol. The van der Waals surface area contributed by atoms with E-state index in [0.717, 1.165) is 74.6 Å². The topological polar surface area (TPSA) is 80.5 Å². The lowest BCUT2D eigenvalue weighted by Crippen LogP contribution is -2.44. The van der Waals surface area contributed by atoms with E-state index in [1.807, 2.05) is 11.8 Å². The molecule has 0 radical (unpaired) electrons. The Bertz CT molecular complexity index is 855. The Labute approximate surface area is 162 Å². The molecule has 27 heavy (non-hydrogen) atoms. The van der Waals surface area contributed by atoms with Gasteiger partial charge >= 0.3 is 0 Å². The lowest BCUT2D eigenvalue weighted by atomic mass is 9.83. The summed E-state index contributed by atoms with van der Waals surface area (Å²) in [6.45, 7) is 5.31. The molecule has 1 atom stereocenters. The first-order valence-corrected chi connectivity index (χ1v) is 10.6. The van der Waals surface area contributed by atoms with Gasteiger partial charge in [0.25, 0.3) is 5.91 Å². The van der Waals surface area contributed by atoms with Crippen LogP contribution in [0.15, 0.2) is 10.7 Å². The highest BCUT2D eigenvalue weighted by Gasteiger charge is 2.42. The van der Waals surface area contributed by atoms with Crippen molar-refractivity contribution in [2.75, 3.05) is 26.2 Å². The molecule has 5 rings (SSSR count). The maximum atomic E-state index is 13.4. The molecule has 1 spiro atoms. The van der Waals surface area contributed by atoms with Gasteiger partial charge in [0.05, 0.1) is 23.1 Å². The van der Waals surface area contributed by atoms with Gasteiger partial charge in [0.15, 0.2) is 0 Å². The monoisotopic (exact) mass is 388 g/mol. The van der Waals surface area contributed by atoms with E-state index in [-0.39, 0.29) is 17.6 Å². The van der Waals surface area contributed by atoms with E-state index in [0.29, 0.717) is 0 Å². The summed E-state index contributed by atoms with van der Waals surface area (Å²) in [7, 11) is 0. The number of fused-ring (bicyclic) bond motifs is 2. The van der Waals surface area contributed by atoms with E-state index in [1.165, 1.54) is 10.4 Å². The number of nitrogens with zero attached hydrogens (tertiary/aromatic N) is 3. The van der Waals surface area contributed by atoms with Crippen LogP contribution in [0.4, 0.5) is 0 Å². The van der Waals surface area contributed by atoms with Crippen LogP contribution in [0.25, 0.3) is 0 Å². The summed E-state index contributed by atoms with van der Waals surface area (Å²) < 4.78 is 11.1. The van der Waals surface area contributed by atoms with E-state index < -0.39 is 0 Å². The summed E-state index contributed by atoms with van der Waals surface area (Å²) in [5.74, 6) is 0.100. The van der Waals surface area contributed by atoms with Gasteiger partial charge in [0.1, 0.15) is 11.4 Å². The smallest absolute Gasteiger partial charge is 0.264 e. The molecule has 2 fully saturated rings. The minimum absolute atomic E-state index is 0.0352. The number of ether oxygens (including phenoxy) is 1. The van der Waals surface area contributed by atoms with Gasteiger partial charge in [-0.25, -0.2) is 4.63 Å². The Morgan fingerprint density at radius 3 is 3.00 bits per heavy atom. The summed E-state index contributed by atoms with van der Waals surface area (Å²) in [5, 5.41) is 11.4. The van der Waals surface area contributed by atoms with Crippen molar-refractivity contribution >= 4 is 17.2 Å². The van der Waals surface area contributed by atoms with Crippen molar-refractivity contribution < 1.29 is 14.2 Å². The molecule has 0 saturated carbocycles. The minimum Gasteiger partial charge on any atom is -0.370 e. The molecule has 1 unspecified atom stereocenters. The van der Waals surface area contributed by atoms with E-state index >= 15 is 0 Å². The number of thiophene rings is 1. The molecule has 144 valence electrons. The molecule has 3 aliphatic rings. The van der Waals surface area contributed by atoms with Gasteiger partial charge < -0.3 is 15.0 Å². The van der Waals surface area contributed by atoms with Crippen LogP contribution in [0.3, 0.4) is 0 Å².